The number of likely N-dealkylation sites (tertiary alicyclic amines) is 1. The summed E-state index contributed by atoms with van der Waals surface area (Å²) in [6.45, 7) is 11.5. The molecule has 0 spiro atoms. The number of nitrogens with one attached hydrogen (secondary N) is 2. The molecule has 9 heteroatoms. The van der Waals surface area contributed by atoms with Crippen LogP contribution in [0.2, 0.25) is 0 Å². The number of hydrogen-bond donors (Lipinski definition) is 3. The number of aryl methyl sites for hydroxylation is 2. The number of likely N-dealkylation sites (N-methyl/N-ethyl adjacent to an activating group) is 2. The molecular weight excluding hydrogens is 514 g/mol. The number of hydrazine groups is 1. The van der Waals surface area contributed by atoms with E-state index in [0.717, 1.165) is 55.5 Å². The van der Waals surface area contributed by atoms with Crippen molar-refractivity contribution < 1.29 is 10.2 Å². The number of ether oxygens (including phenoxy) is 1. The van der Waals surface area contributed by atoms with E-state index in [-0.39, 0.29) is 11.6 Å². The summed E-state index contributed by atoms with van der Waals surface area (Å²) < 4.78 is 5.98. The minimum absolute atomic E-state index is 0. The van der Waals surface area contributed by atoms with Crippen LogP contribution in [0.4, 0.5) is 0 Å². The van der Waals surface area contributed by atoms with Crippen molar-refractivity contribution in [3.05, 3.63) is 76.7 Å². The molecule has 1 fully saturated rings. The summed E-state index contributed by atoms with van der Waals surface area (Å²) in [4.78, 5) is 9.45. The van der Waals surface area contributed by atoms with E-state index in [1.54, 1.807) is 0 Å². The van der Waals surface area contributed by atoms with E-state index in [1.807, 2.05) is 18.3 Å². The smallest absolute Gasteiger partial charge is 0.152 e. The molecule has 0 aliphatic carbocycles. The molecule has 1 saturated heterocycles. The summed E-state index contributed by atoms with van der Waals surface area (Å²) in [5.74, 6) is 1.91. The van der Waals surface area contributed by atoms with E-state index in [9.17, 15) is 0 Å². The number of hydrogen-bond acceptors (Lipinski definition) is 8. The first-order valence-electron chi connectivity index (χ1n) is 14.3. The molecule has 3 aliphatic rings. The van der Waals surface area contributed by atoms with Gasteiger partial charge in [0.15, 0.2) is 5.82 Å². The molecule has 5 rings (SSSR count). The minimum atomic E-state index is 0. The lowest BCUT2D eigenvalue weighted by Crippen LogP contribution is -2.33. The molecule has 0 amide bonds. The van der Waals surface area contributed by atoms with E-state index in [0.29, 0.717) is 0 Å². The van der Waals surface area contributed by atoms with Gasteiger partial charge in [-0.15, -0.1) is 0 Å². The maximum Gasteiger partial charge on any atom is 0.152 e. The van der Waals surface area contributed by atoms with Crippen LogP contribution >= 0.6 is 0 Å². The van der Waals surface area contributed by atoms with Gasteiger partial charge in [-0.25, -0.2) is 10.4 Å². The molecule has 0 aromatic heterocycles. The Bertz CT molecular complexity index is 1170. The minimum Gasteiger partial charge on any atom is -0.492 e. The zero-order valence-corrected chi connectivity index (χ0v) is 25.7. The van der Waals surface area contributed by atoms with Gasteiger partial charge in [0.05, 0.1) is 0 Å². The fourth-order valence-electron chi connectivity index (χ4n) is 4.88. The Labute approximate surface area is 246 Å². The maximum absolute atomic E-state index is 5.98. The third-order valence-corrected chi connectivity index (χ3v) is 7.50. The van der Waals surface area contributed by atoms with Crippen molar-refractivity contribution in [2.45, 2.75) is 33.1 Å². The van der Waals surface area contributed by atoms with Crippen molar-refractivity contribution in [1.29, 1.82) is 0 Å². The fourth-order valence-corrected chi connectivity index (χ4v) is 4.88. The lowest BCUT2D eigenvalue weighted by atomic mass is 10.0. The average Bonchev–Trinajstić information content (AvgIpc) is 3.38. The number of piperidine rings is 1. The Morgan fingerprint density at radius 3 is 2.32 bits per heavy atom. The number of fused-ring (bicyclic) bond motifs is 1. The Balaban J connectivity index is 0.000000585. The molecule has 0 saturated carbocycles. The molecule has 7 N–H and O–H groups in total. The van der Waals surface area contributed by atoms with Crippen LogP contribution in [0, 0.1) is 13.8 Å². The first-order chi connectivity index (χ1) is 18.9. The Kier molecular flexibility index (Phi) is 14.2. The highest BCUT2D eigenvalue weighted by Gasteiger charge is 2.24. The van der Waals surface area contributed by atoms with Crippen molar-refractivity contribution in [3.8, 4) is 5.75 Å². The molecular formula is C32H51N7O2. The summed E-state index contributed by atoms with van der Waals surface area (Å²) in [5.41, 5.74) is 10.8. The Morgan fingerprint density at radius 1 is 0.976 bits per heavy atom. The van der Waals surface area contributed by atoms with Gasteiger partial charge < -0.3 is 26.6 Å². The van der Waals surface area contributed by atoms with Gasteiger partial charge in [-0.1, -0.05) is 36.8 Å². The number of rotatable bonds is 9. The number of aliphatic imine (C=N–C) groups is 1. The second-order valence-corrected chi connectivity index (χ2v) is 10.8. The van der Waals surface area contributed by atoms with Crippen LogP contribution in [-0.2, 0) is 0 Å². The second-order valence-electron chi connectivity index (χ2n) is 10.8. The van der Waals surface area contributed by atoms with E-state index < -0.39 is 0 Å². The van der Waals surface area contributed by atoms with Gasteiger partial charge in [0.1, 0.15) is 12.4 Å². The van der Waals surface area contributed by atoms with Crippen LogP contribution < -0.4 is 21.6 Å². The molecule has 226 valence electrons. The number of allylic oxidation sites excluding steroid dienone is 1. The summed E-state index contributed by atoms with van der Waals surface area (Å²) in [6, 6.07) is 15.0. The van der Waals surface area contributed by atoms with Crippen LogP contribution in [0.25, 0.3) is 11.1 Å². The largest absolute Gasteiger partial charge is 0.492 e. The molecule has 0 atom stereocenters. The van der Waals surface area contributed by atoms with Gasteiger partial charge in [0.2, 0.25) is 0 Å². The van der Waals surface area contributed by atoms with Gasteiger partial charge in [0.25, 0.3) is 0 Å². The van der Waals surface area contributed by atoms with Crippen LogP contribution in [0.5, 0.6) is 5.75 Å². The Morgan fingerprint density at radius 2 is 1.68 bits per heavy atom. The average molecular weight is 566 g/mol. The predicted molar refractivity (Wildman–Crippen MR) is 172 cm³/mol. The van der Waals surface area contributed by atoms with Crippen LogP contribution in [0.1, 0.15) is 41.5 Å². The molecule has 0 radical (unpaired) electrons. The van der Waals surface area contributed by atoms with Crippen molar-refractivity contribution in [2.24, 2.45) is 4.99 Å². The standard InChI is InChI=1S/C27H32N4O.C5H14N2.H3N.H2O/c1-20-6-7-23(16-21(20)2)26-18-29-31-19-24(17-28-27(26)31)22-8-10-25(11-9-22)32-15-14-30-12-4-3-5-13-30;1-6-4-5-7(2)3;;/h6-11,16-17,19,29H,3-5,12-15,18H2,1-2H3;6H,4-5H2,1-3H3;1H3;1H2. The first kappa shape index (κ1) is 34.2. The number of benzene rings is 2. The molecule has 9 nitrogen and oxygen atoms in total. The monoisotopic (exact) mass is 565 g/mol. The third-order valence-electron chi connectivity index (χ3n) is 7.50. The summed E-state index contributed by atoms with van der Waals surface area (Å²) in [5, 5.41) is 5.10. The van der Waals surface area contributed by atoms with Gasteiger partial charge in [-0.2, -0.15) is 0 Å². The van der Waals surface area contributed by atoms with Crippen molar-refractivity contribution in [1.82, 2.24) is 31.7 Å². The molecule has 0 bridgehead atoms. The molecule has 0 unspecified atom stereocenters. The van der Waals surface area contributed by atoms with Crippen molar-refractivity contribution in [2.75, 3.05) is 67.0 Å². The highest BCUT2D eigenvalue weighted by Crippen LogP contribution is 2.31. The van der Waals surface area contributed by atoms with Crippen molar-refractivity contribution >= 4 is 17.4 Å². The fraction of sp³-hybridized carbons (Fsp3) is 0.469. The van der Waals surface area contributed by atoms with Gasteiger partial charge >= 0.3 is 0 Å². The quantitative estimate of drug-likeness (QED) is 0.422. The van der Waals surface area contributed by atoms with E-state index >= 15 is 0 Å². The van der Waals surface area contributed by atoms with Crippen LogP contribution in [0.15, 0.2) is 59.5 Å². The highest BCUT2D eigenvalue weighted by atomic mass is 16.5. The lowest BCUT2D eigenvalue weighted by Gasteiger charge is -2.26. The molecule has 3 aliphatic heterocycles. The highest BCUT2D eigenvalue weighted by molar-refractivity contribution is 6.11. The van der Waals surface area contributed by atoms with E-state index in [4.69, 9.17) is 9.73 Å². The summed E-state index contributed by atoms with van der Waals surface area (Å²) >= 11 is 0. The zero-order chi connectivity index (χ0) is 27.6. The Hall–Kier alpha value is -3.05. The summed E-state index contributed by atoms with van der Waals surface area (Å²) in [6.07, 6.45) is 8.10. The van der Waals surface area contributed by atoms with Gasteiger partial charge in [-0.05, 0) is 95.3 Å². The maximum atomic E-state index is 5.98. The van der Waals surface area contributed by atoms with Crippen LogP contribution in [-0.4, -0.2) is 93.5 Å². The SMILES string of the molecule is CNCCN(C)C.Cc1ccc(C2=C3N=CC(c4ccc(OCCN5CCCCC5)cc4)=CN3NC2)cc1C.N.O. The summed E-state index contributed by atoms with van der Waals surface area (Å²) in [7, 11) is 6.10. The molecule has 3 heterocycles. The lowest BCUT2D eigenvalue weighted by molar-refractivity contribution is 0.183. The number of nitrogens with zero attached hydrogens (tertiary/aromatic N) is 4. The second kappa shape index (κ2) is 17.0. The normalized spacial score (nSPS) is 16.3. The molecule has 41 heavy (non-hydrogen) atoms. The zero-order valence-electron chi connectivity index (χ0n) is 25.7. The van der Waals surface area contributed by atoms with Crippen LogP contribution in [0.3, 0.4) is 0 Å². The van der Waals surface area contributed by atoms with E-state index in [1.165, 1.54) is 54.6 Å². The molecule has 2 aromatic rings. The van der Waals surface area contributed by atoms with Gasteiger partial charge in [0, 0.05) is 49.7 Å². The first-order valence-corrected chi connectivity index (χ1v) is 14.3. The molecule has 2 aromatic carbocycles. The predicted octanol–water partition coefficient (Wildman–Crippen LogP) is 3.89. The van der Waals surface area contributed by atoms with Crippen molar-refractivity contribution in [3.63, 3.8) is 0 Å². The topological polar surface area (TPSA) is 122 Å². The van der Waals surface area contributed by atoms with E-state index in [2.05, 4.69) is 97.1 Å². The third kappa shape index (κ3) is 9.78. The van der Waals surface area contributed by atoms with Gasteiger partial charge in [-0.3, -0.25) is 9.91 Å².